The van der Waals surface area contributed by atoms with Gasteiger partial charge >= 0.3 is 10.1 Å². The molecule has 7 heteroatoms. The third-order valence-corrected chi connectivity index (χ3v) is 3.95. The van der Waals surface area contributed by atoms with Gasteiger partial charge in [0.05, 0.1) is 5.75 Å². The molecule has 0 saturated carbocycles. The Balaban J connectivity index is 2.72. The Kier molecular flexibility index (Phi) is 5.30. The van der Waals surface area contributed by atoms with Crippen molar-refractivity contribution in [2.75, 3.05) is 5.75 Å². The number of thioether (sulfide) groups is 1. The van der Waals surface area contributed by atoms with Crippen molar-refractivity contribution in [1.82, 2.24) is 0 Å². The molecule has 0 fully saturated rings. The van der Waals surface area contributed by atoms with E-state index in [0.29, 0.717) is 11.3 Å². The van der Waals surface area contributed by atoms with Crippen LogP contribution in [0.1, 0.15) is 13.3 Å². The van der Waals surface area contributed by atoms with E-state index in [-0.39, 0.29) is 11.5 Å². The lowest BCUT2D eigenvalue weighted by molar-refractivity contribution is 0.276. The zero-order valence-corrected chi connectivity index (χ0v) is 11.4. The predicted octanol–water partition coefficient (Wildman–Crippen LogP) is 3.26. The van der Waals surface area contributed by atoms with Gasteiger partial charge in [0.15, 0.2) is 0 Å². The minimum absolute atomic E-state index is 0.0241. The highest BCUT2D eigenvalue weighted by molar-refractivity contribution is 8.16. The Hall–Kier alpha value is -0.720. The van der Waals surface area contributed by atoms with E-state index in [9.17, 15) is 13.2 Å². The monoisotopic (exact) mass is 294 g/mol. The van der Waals surface area contributed by atoms with Gasteiger partial charge in [0.2, 0.25) is 0 Å². The summed E-state index contributed by atoms with van der Waals surface area (Å²) in [6, 6.07) is 6.11. The second-order valence-electron chi connectivity index (χ2n) is 3.16. The molecule has 0 aromatic heterocycles. The second kappa shape index (κ2) is 6.28. The van der Waals surface area contributed by atoms with E-state index < -0.39 is 14.7 Å². The Morgan fingerprint density at radius 1 is 1.35 bits per heavy atom. The van der Waals surface area contributed by atoms with Crippen LogP contribution < -0.4 is 4.18 Å². The summed E-state index contributed by atoms with van der Waals surface area (Å²) in [6.07, 6.45) is 0.497. The first-order chi connectivity index (χ1) is 7.93. The normalized spacial score (nSPS) is 11.2. The van der Waals surface area contributed by atoms with Crippen LogP contribution in [0, 0.1) is 0 Å². The molecule has 94 valence electrons. The van der Waals surface area contributed by atoms with E-state index in [1.54, 1.807) is 19.1 Å². The molecule has 0 amide bonds. The fourth-order valence-corrected chi connectivity index (χ4v) is 2.81. The molecule has 0 atom stereocenters. The van der Waals surface area contributed by atoms with Crippen molar-refractivity contribution in [1.29, 1.82) is 0 Å². The molecule has 0 unspecified atom stereocenters. The Morgan fingerprint density at radius 2 is 1.94 bits per heavy atom. The molecule has 4 nitrogen and oxygen atoms in total. The molecule has 0 spiro atoms. The number of rotatable bonds is 5. The van der Waals surface area contributed by atoms with Crippen molar-refractivity contribution in [2.24, 2.45) is 0 Å². The average Bonchev–Trinajstić information content (AvgIpc) is 2.19. The lowest BCUT2D eigenvalue weighted by Crippen LogP contribution is -2.12. The van der Waals surface area contributed by atoms with Gasteiger partial charge in [-0.05, 0) is 54.0 Å². The first-order valence-electron chi connectivity index (χ1n) is 4.82. The van der Waals surface area contributed by atoms with E-state index in [0.717, 1.165) is 11.8 Å². The van der Waals surface area contributed by atoms with Gasteiger partial charge in [-0.1, -0.05) is 6.92 Å². The van der Waals surface area contributed by atoms with Crippen LogP contribution in [0.15, 0.2) is 29.2 Å². The molecule has 1 rings (SSSR count). The first-order valence-corrected chi connectivity index (χ1v) is 7.59. The zero-order valence-electron chi connectivity index (χ0n) is 9.05. The largest absolute Gasteiger partial charge is 0.382 e. The number of hydrogen-bond donors (Lipinski definition) is 0. The fraction of sp³-hybridized carbons (Fsp3) is 0.300. The molecule has 1 aromatic rings. The molecule has 0 aliphatic rings. The Bertz CT molecular complexity index is 482. The van der Waals surface area contributed by atoms with E-state index >= 15 is 0 Å². The van der Waals surface area contributed by atoms with E-state index in [1.165, 1.54) is 12.1 Å². The van der Waals surface area contributed by atoms with Crippen LogP contribution in [0.4, 0.5) is 4.79 Å². The van der Waals surface area contributed by atoms with Crippen molar-refractivity contribution in [3.63, 3.8) is 0 Å². The molecule has 0 aliphatic carbocycles. The van der Waals surface area contributed by atoms with Crippen molar-refractivity contribution in [3.8, 4) is 5.75 Å². The van der Waals surface area contributed by atoms with Crippen molar-refractivity contribution >= 4 is 38.1 Å². The summed E-state index contributed by atoms with van der Waals surface area (Å²) in [7, 11) is -3.52. The van der Waals surface area contributed by atoms with Crippen molar-refractivity contribution < 1.29 is 17.4 Å². The summed E-state index contributed by atoms with van der Waals surface area (Å²) in [6.45, 7) is 1.76. The first kappa shape index (κ1) is 14.3. The minimum Gasteiger partial charge on any atom is -0.382 e. The maximum atomic E-state index is 11.4. The summed E-state index contributed by atoms with van der Waals surface area (Å²) < 4.78 is 27.0. The van der Waals surface area contributed by atoms with Crippen molar-refractivity contribution in [2.45, 2.75) is 18.2 Å². The second-order valence-corrected chi connectivity index (χ2v) is 6.46. The van der Waals surface area contributed by atoms with Gasteiger partial charge in [0.1, 0.15) is 5.75 Å². The highest BCUT2D eigenvalue weighted by Crippen LogP contribution is 2.24. The highest BCUT2D eigenvalue weighted by atomic mass is 35.5. The summed E-state index contributed by atoms with van der Waals surface area (Å²) in [4.78, 5) is 11.2. The standard InChI is InChI=1S/C10H11ClO4S2/c1-2-7-17(13,14)15-8-3-5-9(6-4-8)16-10(11)12/h3-6H,2,7H2,1H3. The van der Waals surface area contributed by atoms with Gasteiger partial charge < -0.3 is 4.18 Å². The molecule has 0 radical (unpaired) electrons. The Morgan fingerprint density at radius 3 is 2.41 bits per heavy atom. The number of benzene rings is 1. The molecule has 0 saturated heterocycles. The quantitative estimate of drug-likeness (QED) is 0.474. The maximum Gasteiger partial charge on any atom is 0.309 e. The number of hydrogen-bond acceptors (Lipinski definition) is 5. The average molecular weight is 295 g/mol. The third-order valence-electron chi connectivity index (χ3n) is 1.70. The van der Waals surface area contributed by atoms with E-state index in [4.69, 9.17) is 15.8 Å². The highest BCUT2D eigenvalue weighted by Gasteiger charge is 2.11. The van der Waals surface area contributed by atoms with Gasteiger partial charge in [0, 0.05) is 4.90 Å². The van der Waals surface area contributed by atoms with Crippen LogP contribution in [0.3, 0.4) is 0 Å². The fourth-order valence-electron chi connectivity index (χ4n) is 1.09. The predicted molar refractivity (Wildman–Crippen MR) is 68.3 cm³/mol. The van der Waals surface area contributed by atoms with Gasteiger partial charge in [-0.3, -0.25) is 4.79 Å². The van der Waals surface area contributed by atoms with Crippen LogP contribution in [-0.2, 0) is 10.1 Å². The number of halogens is 1. The smallest absolute Gasteiger partial charge is 0.309 e. The summed E-state index contributed by atoms with van der Waals surface area (Å²) in [5, 5.41) is 0. The SMILES string of the molecule is CCCS(=O)(=O)Oc1ccc(SC(=O)Cl)cc1. The van der Waals surface area contributed by atoms with E-state index in [2.05, 4.69) is 0 Å². The molecule has 0 heterocycles. The van der Waals surface area contributed by atoms with Crippen LogP contribution in [0.2, 0.25) is 0 Å². The molecule has 17 heavy (non-hydrogen) atoms. The van der Waals surface area contributed by atoms with Gasteiger partial charge in [0.25, 0.3) is 4.57 Å². The lowest BCUT2D eigenvalue weighted by atomic mass is 10.3. The lowest BCUT2D eigenvalue weighted by Gasteiger charge is -2.05. The van der Waals surface area contributed by atoms with Crippen LogP contribution in [0.5, 0.6) is 5.75 Å². The molecular formula is C10H11ClO4S2. The molecular weight excluding hydrogens is 284 g/mol. The van der Waals surface area contributed by atoms with Gasteiger partial charge in [-0.15, -0.1) is 0 Å². The van der Waals surface area contributed by atoms with Crippen LogP contribution in [-0.4, -0.2) is 18.7 Å². The topological polar surface area (TPSA) is 60.4 Å². The Labute approximate surface area is 109 Å². The third kappa shape index (κ3) is 5.43. The minimum atomic E-state index is -3.52. The zero-order chi connectivity index (χ0) is 12.9. The number of carbonyl (C=O) groups is 1. The molecule has 0 bridgehead atoms. The summed E-state index contributed by atoms with van der Waals surface area (Å²) in [5.74, 6) is 0.203. The van der Waals surface area contributed by atoms with Crippen molar-refractivity contribution in [3.05, 3.63) is 24.3 Å². The van der Waals surface area contributed by atoms with Gasteiger partial charge in [-0.2, -0.15) is 8.42 Å². The maximum absolute atomic E-state index is 11.4. The van der Waals surface area contributed by atoms with Crippen LogP contribution >= 0.6 is 23.4 Å². The molecule has 1 aromatic carbocycles. The number of carbonyl (C=O) groups excluding carboxylic acids is 1. The van der Waals surface area contributed by atoms with Gasteiger partial charge in [-0.25, -0.2) is 0 Å². The van der Waals surface area contributed by atoms with Crippen LogP contribution in [0.25, 0.3) is 0 Å². The molecule has 0 aliphatic heterocycles. The summed E-state index contributed by atoms with van der Waals surface area (Å²) in [5.41, 5.74) is 0. The molecule has 0 N–H and O–H groups in total. The summed E-state index contributed by atoms with van der Waals surface area (Å²) >= 11 is 6.05. The van der Waals surface area contributed by atoms with E-state index in [1.807, 2.05) is 0 Å².